The van der Waals surface area contributed by atoms with Gasteiger partial charge in [-0.25, -0.2) is 9.59 Å². The van der Waals surface area contributed by atoms with Crippen molar-refractivity contribution in [3.05, 3.63) is 12.2 Å². The number of hydrogen-bond acceptors (Lipinski definition) is 3. The van der Waals surface area contributed by atoms with Gasteiger partial charge in [-0.3, -0.25) is 4.79 Å². The van der Waals surface area contributed by atoms with Crippen molar-refractivity contribution in [2.45, 2.75) is 18.9 Å². The molecule has 0 heterocycles. The van der Waals surface area contributed by atoms with Crippen LogP contribution in [0.1, 0.15) is 12.8 Å². The standard InChI is InChI=1S/C9H11NO5.Pt/c11-7(5-3-1-2-4-5)10-6(8(12)13)9(14)15;/h1-2,5-6H,3-4H2,(H,10,11)(H,12,13)(H,14,15);. The number of carbonyl (C=O) groups excluding carboxylic acids is 1. The quantitative estimate of drug-likeness (QED) is 0.434. The summed E-state index contributed by atoms with van der Waals surface area (Å²) in [6.07, 6.45) is 4.66. The Bertz CT molecular complexity index is 306. The number of carbonyl (C=O) groups is 3. The Hall–Kier alpha value is -1.16. The third-order valence-corrected chi connectivity index (χ3v) is 2.16. The summed E-state index contributed by atoms with van der Waals surface area (Å²) in [6, 6.07) is -1.86. The van der Waals surface area contributed by atoms with Crippen molar-refractivity contribution in [1.82, 2.24) is 5.32 Å². The van der Waals surface area contributed by atoms with Crippen molar-refractivity contribution in [3.63, 3.8) is 0 Å². The molecular formula is C9H11NO5Pt. The van der Waals surface area contributed by atoms with E-state index in [1.807, 2.05) is 5.32 Å². The molecule has 0 unspecified atom stereocenters. The minimum Gasteiger partial charge on any atom is -0.479 e. The van der Waals surface area contributed by atoms with Crippen LogP contribution in [0.4, 0.5) is 0 Å². The molecule has 1 aliphatic carbocycles. The number of carboxylic acid groups (broad SMARTS) is 2. The number of carboxylic acids is 2. The van der Waals surface area contributed by atoms with E-state index in [1.165, 1.54) is 0 Å². The van der Waals surface area contributed by atoms with Crippen LogP contribution in [0.5, 0.6) is 0 Å². The van der Waals surface area contributed by atoms with Crippen LogP contribution in [0.2, 0.25) is 0 Å². The van der Waals surface area contributed by atoms with E-state index >= 15 is 0 Å². The molecule has 6 nitrogen and oxygen atoms in total. The molecule has 7 heteroatoms. The molecule has 1 rings (SSSR count). The second kappa shape index (κ2) is 6.43. The van der Waals surface area contributed by atoms with Crippen molar-refractivity contribution < 1.29 is 45.7 Å². The molecule has 0 aromatic heterocycles. The summed E-state index contributed by atoms with van der Waals surface area (Å²) in [5.74, 6) is -4.01. The predicted molar refractivity (Wildman–Crippen MR) is 49.1 cm³/mol. The van der Waals surface area contributed by atoms with Crippen molar-refractivity contribution in [2.75, 3.05) is 0 Å². The van der Waals surface area contributed by atoms with Crippen molar-refractivity contribution in [3.8, 4) is 0 Å². The van der Waals surface area contributed by atoms with Crippen molar-refractivity contribution in [2.24, 2.45) is 5.92 Å². The van der Waals surface area contributed by atoms with Crippen molar-refractivity contribution >= 4 is 17.8 Å². The maximum Gasteiger partial charge on any atom is 0.338 e. The number of hydrogen-bond donors (Lipinski definition) is 3. The zero-order chi connectivity index (χ0) is 11.4. The Balaban J connectivity index is 0.00000225. The smallest absolute Gasteiger partial charge is 0.338 e. The molecule has 92 valence electrons. The Morgan fingerprint density at radius 2 is 1.56 bits per heavy atom. The number of amides is 1. The molecule has 3 N–H and O–H groups in total. The van der Waals surface area contributed by atoms with Gasteiger partial charge in [0.25, 0.3) is 0 Å². The fourth-order valence-electron chi connectivity index (χ4n) is 1.32. The van der Waals surface area contributed by atoms with Crippen LogP contribution in [0.3, 0.4) is 0 Å². The summed E-state index contributed by atoms with van der Waals surface area (Å²) in [5.41, 5.74) is 0. The molecule has 0 atom stereocenters. The van der Waals surface area contributed by atoms with Crippen LogP contribution in [-0.2, 0) is 35.4 Å². The Kier molecular flexibility index (Phi) is 5.96. The van der Waals surface area contributed by atoms with Gasteiger partial charge in [0.15, 0.2) is 0 Å². The van der Waals surface area contributed by atoms with Crippen LogP contribution in [0.15, 0.2) is 12.2 Å². The van der Waals surface area contributed by atoms with Gasteiger partial charge in [-0.05, 0) is 12.8 Å². The molecule has 0 aromatic rings. The van der Waals surface area contributed by atoms with Gasteiger partial charge in [0.05, 0.1) is 0 Å². The average Bonchev–Trinajstić information content (AvgIpc) is 2.65. The van der Waals surface area contributed by atoms with E-state index in [-0.39, 0.29) is 27.0 Å². The minimum atomic E-state index is -1.86. The normalized spacial score (nSPS) is 14.6. The summed E-state index contributed by atoms with van der Waals surface area (Å²) in [7, 11) is 0. The van der Waals surface area contributed by atoms with Gasteiger partial charge in [-0.15, -0.1) is 0 Å². The monoisotopic (exact) mass is 408 g/mol. The Morgan fingerprint density at radius 3 is 1.94 bits per heavy atom. The Morgan fingerprint density at radius 1 is 1.12 bits per heavy atom. The van der Waals surface area contributed by atoms with Crippen LogP contribution < -0.4 is 5.32 Å². The predicted octanol–water partition coefficient (Wildman–Crippen LogP) is -0.396. The van der Waals surface area contributed by atoms with Gasteiger partial charge in [-0.1, -0.05) is 12.2 Å². The van der Waals surface area contributed by atoms with Crippen LogP contribution in [0, 0.1) is 5.92 Å². The van der Waals surface area contributed by atoms with Crippen LogP contribution >= 0.6 is 0 Å². The largest absolute Gasteiger partial charge is 0.479 e. The third-order valence-electron chi connectivity index (χ3n) is 2.16. The zero-order valence-electron chi connectivity index (χ0n) is 8.16. The van der Waals surface area contributed by atoms with Gasteiger partial charge in [0.1, 0.15) is 0 Å². The zero-order valence-corrected chi connectivity index (χ0v) is 10.4. The van der Waals surface area contributed by atoms with Crippen molar-refractivity contribution in [1.29, 1.82) is 0 Å². The maximum atomic E-state index is 11.4. The molecule has 1 amide bonds. The first-order valence-electron chi connectivity index (χ1n) is 4.43. The van der Waals surface area contributed by atoms with Gasteiger partial charge in [0.2, 0.25) is 11.9 Å². The van der Waals surface area contributed by atoms with E-state index in [1.54, 1.807) is 12.2 Å². The molecule has 1 aliphatic rings. The van der Waals surface area contributed by atoms with E-state index in [4.69, 9.17) is 10.2 Å². The SMILES string of the molecule is O=C(NC(C(=O)O)C(=O)O)C1CC=CC1.[Pt]. The summed E-state index contributed by atoms with van der Waals surface area (Å²) < 4.78 is 0. The third kappa shape index (κ3) is 3.77. The Labute approximate surface area is 106 Å². The number of rotatable bonds is 4. The van der Waals surface area contributed by atoms with Gasteiger partial charge in [0, 0.05) is 27.0 Å². The molecule has 0 saturated carbocycles. The molecule has 0 aromatic carbocycles. The molecular weight excluding hydrogens is 397 g/mol. The molecule has 0 aliphatic heterocycles. The fraction of sp³-hybridized carbons (Fsp3) is 0.444. The van der Waals surface area contributed by atoms with E-state index in [0.29, 0.717) is 12.8 Å². The molecule has 0 bridgehead atoms. The van der Waals surface area contributed by atoms with E-state index in [9.17, 15) is 14.4 Å². The molecule has 0 saturated heterocycles. The molecule has 0 fully saturated rings. The van der Waals surface area contributed by atoms with E-state index in [2.05, 4.69) is 0 Å². The summed E-state index contributed by atoms with van der Waals surface area (Å²) in [5, 5.41) is 19.0. The van der Waals surface area contributed by atoms with E-state index in [0.717, 1.165) is 0 Å². The summed E-state index contributed by atoms with van der Waals surface area (Å²) >= 11 is 0. The van der Waals surface area contributed by atoms with E-state index < -0.39 is 23.9 Å². The first-order valence-corrected chi connectivity index (χ1v) is 4.43. The average molecular weight is 408 g/mol. The topological polar surface area (TPSA) is 104 Å². The van der Waals surface area contributed by atoms with Gasteiger partial charge < -0.3 is 15.5 Å². The van der Waals surface area contributed by atoms with Gasteiger partial charge in [-0.2, -0.15) is 0 Å². The first-order chi connectivity index (χ1) is 7.02. The summed E-state index contributed by atoms with van der Waals surface area (Å²) in [6.45, 7) is 0. The maximum absolute atomic E-state index is 11.4. The second-order valence-corrected chi connectivity index (χ2v) is 3.26. The van der Waals surface area contributed by atoms with Gasteiger partial charge >= 0.3 is 11.9 Å². The minimum absolute atomic E-state index is 0. The fourth-order valence-corrected chi connectivity index (χ4v) is 1.32. The first kappa shape index (κ1) is 14.8. The number of nitrogens with one attached hydrogen (secondary N) is 1. The summed E-state index contributed by atoms with van der Waals surface area (Å²) in [4.78, 5) is 32.3. The molecule has 0 spiro atoms. The number of allylic oxidation sites excluding steroid dienone is 2. The van der Waals surface area contributed by atoms with Crippen LogP contribution in [0.25, 0.3) is 0 Å². The second-order valence-electron chi connectivity index (χ2n) is 3.26. The molecule has 0 radical (unpaired) electrons. The van der Waals surface area contributed by atoms with Crippen LogP contribution in [-0.4, -0.2) is 34.1 Å². The molecule has 16 heavy (non-hydrogen) atoms. The number of aliphatic carboxylic acids is 2.